The summed E-state index contributed by atoms with van der Waals surface area (Å²) in [6, 6.07) is 4.70. The first-order valence-electron chi connectivity index (χ1n) is 4.86. The maximum absolute atomic E-state index is 11.5. The van der Waals surface area contributed by atoms with Crippen LogP contribution in [0.2, 0.25) is 0 Å². The predicted octanol–water partition coefficient (Wildman–Crippen LogP) is 1.67. The van der Waals surface area contributed by atoms with Gasteiger partial charge in [0.1, 0.15) is 0 Å². The number of aryl methyl sites for hydroxylation is 1. The van der Waals surface area contributed by atoms with Crippen molar-refractivity contribution in [2.75, 3.05) is 12.4 Å². The van der Waals surface area contributed by atoms with Crippen LogP contribution in [-0.2, 0) is 4.74 Å². The molecule has 0 saturated heterocycles. The van der Waals surface area contributed by atoms with Crippen molar-refractivity contribution in [1.29, 1.82) is 0 Å². The molecule has 0 fully saturated rings. The molecule has 0 aliphatic rings. The highest BCUT2D eigenvalue weighted by atomic mass is 16.5. The van der Waals surface area contributed by atoms with E-state index in [1.807, 2.05) is 0 Å². The van der Waals surface area contributed by atoms with E-state index < -0.39 is 11.7 Å². The second-order valence-electron chi connectivity index (χ2n) is 3.37. The van der Waals surface area contributed by atoms with Gasteiger partial charge < -0.3 is 9.15 Å². The largest absolute Gasteiger partial charge is 0.453 e. The fourth-order valence-electron chi connectivity index (χ4n) is 1.42. The molecule has 1 N–H and O–H groups in total. The molecule has 0 aliphatic carbocycles. The Morgan fingerprint density at radius 2 is 2.24 bits per heavy atom. The molecule has 1 aromatic carbocycles. The number of hydrogen-bond acceptors (Lipinski definition) is 5. The Morgan fingerprint density at radius 1 is 1.47 bits per heavy atom. The molecule has 2 rings (SSSR count). The van der Waals surface area contributed by atoms with Crippen LogP contribution >= 0.6 is 0 Å². The van der Waals surface area contributed by atoms with Crippen molar-refractivity contribution >= 4 is 22.7 Å². The highest BCUT2D eigenvalue weighted by Gasteiger charge is 2.06. The average molecular weight is 234 g/mol. The molecule has 0 spiro atoms. The number of carbonyl (C=O) groups is 1. The summed E-state index contributed by atoms with van der Waals surface area (Å²) in [6.45, 7) is 1.58. The van der Waals surface area contributed by atoms with Gasteiger partial charge >= 0.3 is 11.7 Å². The Hall–Kier alpha value is -2.37. The molecule has 0 bridgehead atoms. The van der Waals surface area contributed by atoms with Gasteiger partial charge in [0, 0.05) is 12.6 Å². The summed E-state index contributed by atoms with van der Waals surface area (Å²) in [7, 11) is 1.27. The number of benzene rings is 1. The molecular weight excluding hydrogens is 224 g/mol. The van der Waals surface area contributed by atoms with E-state index in [1.165, 1.54) is 7.11 Å². The predicted molar refractivity (Wildman–Crippen MR) is 61.0 cm³/mol. The lowest BCUT2D eigenvalue weighted by atomic mass is 10.2. The number of hydrogen-bond donors (Lipinski definition) is 1. The van der Waals surface area contributed by atoms with E-state index in [-0.39, 0.29) is 5.89 Å². The van der Waals surface area contributed by atoms with Crippen LogP contribution in [0.1, 0.15) is 5.89 Å². The van der Waals surface area contributed by atoms with Crippen LogP contribution in [0.25, 0.3) is 10.9 Å². The van der Waals surface area contributed by atoms with Crippen LogP contribution in [0.4, 0.5) is 10.5 Å². The number of aromatic nitrogens is 1. The first kappa shape index (κ1) is 11.1. The molecule has 6 heteroatoms. The summed E-state index contributed by atoms with van der Waals surface area (Å²) in [6.07, 6.45) is -0.580. The number of anilines is 1. The SMILES string of the molecule is COC(=O)Nc1ccc2c(=O)oc(C)nc2c1. The number of carbonyl (C=O) groups excluding carboxylic acids is 1. The van der Waals surface area contributed by atoms with E-state index in [0.717, 1.165) is 0 Å². The Balaban J connectivity index is 2.50. The number of fused-ring (bicyclic) bond motifs is 1. The topological polar surface area (TPSA) is 81.4 Å². The molecule has 2 aromatic rings. The Kier molecular flexibility index (Phi) is 2.78. The second kappa shape index (κ2) is 4.25. The number of methoxy groups -OCH3 is 1. The summed E-state index contributed by atoms with van der Waals surface area (Å²) in [5, 5.41) is 2.86. The van der Waals surface area contributed by atoms with Gasteiger partial charge in [-0.25, -0.2) is 14.6 Å². The van der Waals surface area contributed by atoms with Gasteiger partial charge in [-0.2, -0.15) is 0 Å². The maximum atomic E-state index is 11.5. The van der Waals surface area contributed by atoms with Crippen LogP contribution in [0.15, 0.2) is 27.4 Å². The van der Waals surface area contributed by atoms with Crippen LogP contribution in [0.5, 0.6) is 0 Å². The quantitative estimate of drug-likeness (QED) is 0.811. The van der Waals surface area contributed by atoms with E-state index in [9.17, 15) is 9.59 Å². The first-order valence-corrected chi connectivity index (χ1v) is 4.86. The van der Waals surface area contributed by atoms with Gasteiger partial charge in [0.2, 0.25) is 0 Å². The third-order valence-corrected chi connectivity index (χ3v) is 2.17. The number of rotatable bonds is 1. The van der Waals surface area contributed by atoms with Crippen molar-refractivity contribution in [3.05, 3.63) is 34.5 Å². The zero-order valence-electron chi connectivity index (χ0n) is 9.31. The lowest BCUT2D eigenvalue weighted by Gasteiger charge is -2.04. The minimum absolute atomic E-state index is 0.276. The first-order chi connectivity index (χ1) is 8.10. The molecule has 1 aromatic heterocycles. The fraction of sp³-hybridized carbons (Fsp3) is 0.182. The minimum atomic E-state index is -0.580. The number of nitrogens with zero attached hydrogens (tertiary/aromatic N) is 1. The molecule has 17 heavy (non-hydrogen) atoms. The molecule has 0 radical (unpaired) electrons. The van der Waals surface area contributed by atoms with Crippen LogP contribution in [0.3, 0.4) is 0 Å². The van der Waals surface area contributed by atoms with Gasteiger partial charge in [-0.1, -0.05) is 0 Å². The van der Waals surface area contributed by atoms with Gasteiger partial charge in [0.25, 0.3) is 0 Å². The smallest absolute Gasteiger partial charge is 0.411 e. The standard InChI is InChI=1S/C11H10N2O4/c1-6-12-9-5-7(13-11(15)16-2)3-4-8(9)10(14)17-6/h3-5H,1-2H3,(H,13,15). The molecule has 1 amide bonds. The lowest BCUT2D eigenvalue weighted by Crippen LogP contribution is -2.11. The van der Waals surface area contributed by atoms with Gasteiger partial charge in [0.15, 0.2) is 5.89 Å². The van der Waals surface area contributed by atoms with Crippen molar-refractivity contribution < 1.29 is 13.9 Å². The fourth-order valence-corrected chi connectivity index (χ4v) is 1.42. The Bertz CT molecular complexity index is 633. The highest BCUT2D eigenvalue weighted by Crippen LogP contribution is 2.15. The van der Waals surface area contributed by atoms with Gasteiger partial charge in [-0.15, -0.1) is 0 Å². The van der Waals surface area contributed by atoms with Crippen LogP contribution < -0.4 is 10.9 Å². The van der Waals surface area contributed by atoms with Gasteiger partial charge in [0.05, 0.1) is 18.0 Å². The molecule has 0 aliphatic heterocycles. The highest BCUT2D eigenvalue weighted by molar-refractivity contribution is 5.89. The molecule has 1 heterocycles. The maximum Gasteiger partial charge on any atom is 0.411 e. The number of ether oxygens (including phenoxy) is 1. The number of nitrogens with one attached hydrogen (secondary N) is 1. The van der Waals surface area contributed by atoms with Crippen molar-refractivity contribution in [3.8, 4) is 0 Å². The summed E-state index contributed by atoms with van der Waals surface area (Å²) in [5.74, 6) is 0.276. The minimum Gasteiger partial charge on any atom is -0.453 e. The molecule has 0 saturated carbocycles. The van der Waals surface area contributed by atoms with Crippen molar-refractivity contribution in [3.63, 3.8) is 0 Å². The third-order valence-electron chi connectivity index (χ3n) is 2.17. The number of amides is 1. The zero-order chi connectivity index (χ0) is 12.4. The average Bonchev–Trinajstić information content (AvgIpc) is 2.28. The Morgan fingerprint density at radius 3 is 2.94 bits per heavy atom. The monoisotopic (exact) mass is 234 g/mol. The van der Waals surface area contributed by atoms with Crippen molar-refractivity contribution in [2.24, 2.45) is 0 Å². The summed E-state index contributed by atoms with van der Waals surface area (Å²) < 4.78 is 9.32. The van der Waals surface area contributed by atoms with Crippen LogP contribution in [-0.4, -0.2) is 18.2 Å². The van der Waals surface area contributed by atoms with E-state index in [0.29, 0.717) is 16.6 Å². The molecule has 6 nitrogen and oxygen atoms in total. The van der Waals surface area contributed by atoms with E-state index in [1.54, 1.807) is 25.1 Å². The lowest BCUT2D eigenvalue weighted by molar-refractivity contribution is 0.187. The van der Waals surface area contributed by atoms with Crippen molar-refractivity contribution in [1.82, 2.24) is 4.98 Å². The van der Waals surface area contributed by atoms with Gasteiger partial charge in [-0.3, -0.25) is 5.32 Å². The Labute approximate surface area is 96.2 Å². The molecule has 88 valence electrons. The van der Waals surface area contributed by atoms with Gasteiger partial charge in [-0.05, 0) is 18.2 Å². The third kappa shape index (κ3) is 2.25. The molecular formula is C11H10N2O4. The van der Waals surface area contributed by atoms with Crippen molar-refractivity contribution in [2.45, 2.75) is 6.92 Å². The summed E-state index contributed by atoms with van der Waals surface area (Å²) in [5.41, 5.74) is 0.520. The summed E-state index contributed by atoms with van der Waals surface area (Å²) >= 11 is 0. The molecule has 0 unspecified atom stereocenters. The summed E-state index contributed by atoms with van der Waals surface area (Å²) in [4.78, 5) is 26.6. The van der Waals surface area contributed by atoms with E-state index >= 15 is 0 Å². The van der Waals surface area contributed by atoms with E-state index in [4.69, 9.17) is 4.42 Å². The van der Waals surface area contributed by atoms with E-state index in [2.05, 4.69) is 15.0 Å². The normalized spacial score (nSPS) is 10.2. The zero-order valence-corrected chi connectivity index (χ0v) is 9.31. The molecule has 0 atom stereocenters. The second-order valence-corrected chi connectivity index (χ2v) is 3.37. The van der Waals surface area contributed by atoms with Crippen LogP contribution in [0, 0.1) is 6.92 Å².